The number of Topliss-reactive ketones (excluding diaryl/α,β-unsaturated/α-hetero) is 1. The molecule has 1 aromatic rings. The minimum Gasteiger partial charge on any atom is -0.497 e. The highest BCUT2D eigenvalue weighted by Crippen LogP contribution is 2.43. The number of nitrogens with zero attached hydrogens (tertiary/aromatic N) is 1. The zero-order valence-electron chi connectivity index (χ0n) is 36.2. The van der Waals surface area contributed by atoms with E-state index in [1.165, 1.54) is 39.5 Å². The molecule has 1 aromatic carbocycles. The van der Waals surface area contributed by atoms with Crippen LogP contribution in [0.3, 0.4) is 0 Å². The number of likely N-dealkylation sites (N-methyl/N-ethyl adjacent to an activating group) is 1. The van der Waals surface area contributed by atoms with E-state index in [0.717, 1.165) is 0 Å². The van der Waals surface area contributed by atoms with E-state index in [1.54, 1.807) is 66.7 Å². The molecule has 0 spiro atoms. The molecule has 3 aliphatic heterocycles. The molecule has 0 amide bonds. The normalized spacial score (nSPS) is 37.6. The second kappa shape index (κ2) is 19.3. The predicted octanol–water partition coefficient (Wildman–Crippen LogP) is 5.70. The lowest BCUT2D eigenvalue weighted by molar-refractivity contribution is -0.301. The quantitative estimate of drug-likeness (QED) is 0.115. The van der Waals surface area contributed by atoms with Crippen LogP contribution in [0.4, 0.5) is 4.79 Å². The summed E-state index contributed by atoms with van der Waals surface area (Å²) in [7, 11) is 6.79. The first-order chi connectivity index (χ1) is 27.2. The molecule has 3 heterocycles. The number of carbonyl (C=O) groups excluding carboxylic acids is 5. The van der Waals surface area contributed by atoms with Crippen molar-refractivity contribution in [3.8, 4) is 5.75 Å². The second-order valence-corrected chi connectivity index (χ2v) is 16.6. The van der Waals surface area contributed by atoms with Crippen LogP contribution in [0.1, 0.15) is 91.9 Å². The topological polar surface area (TPSA) is 172 Å². The fourth-order valence-electron chi connectivity index (χ4n) is 8.70. The maximum atomic E-state index is 14.4. The molecule has 15 heteroatoms. The van der Waals surface area contributed by atoms with Gasteiger partial charge in [-0.05, 0) is 86.2 Å². The van der Waals surface area contributed by atoms with Crippen LogP contribution < -0.4 is 4.74 Å². The van der Waals surface area contributed by atoms with Gasteiger partial charge in [0.05, 0.1) is 54.6 Å². The Morgan fingerprint density at radius 2 is 1.67 bits per heavy atom. The molecule has 0 unspecified atom stereocenters. The Balaban J connectivity index is 1.91. The number of hydrogen-bond donors (Lipinski definition) is 0. The standard InChI is InChI=1S/C43H63NO14/c1-14-32-43(9)37(57-41(49)58-43)26(5)33(46)23(2)22-42(8,51-13)36(56-40-35(52-19-18-24(3)45)31(44(10)11)20-25(4)53-40)27(6)34(28(7)38(47)54-32)55-39(48)29-16-15-17-30(21-29)50-12/h15-19,21,23,25-28,31-32,34-37,40H,14,20,22H2,1-13H3/t23-,25-,26+,27+,28-,31+,32-,34+,35+,36-,37-,40+,42+,43-/m1/s1. The first-order valence-electron chi connectivity index (χ1n) is 20.0. The minimum atomic E-state index is -1.52. The third kappa shape index (κ3) is 10.2. The first kappa shape index (κ1) is 46.6. The van der Waals surface area contributed by atoms with Crippen LogP contribution >= 0.6 is 0 Å². The molecule has 0 aromatic heterocycles. The van der Waals surface area contributed by atoms with E-state index in [-0.39, 0.29) is 42.1 Å². The first-order valence-corrected chi connectivity index (χ1v) is 20.0. The van der Waals surface area contributed by atoms with Gasteiger partial charge in [-0.15, -0.1) is 0 Å². The van der Waals surface area contributed by atoms with Gasteiger partial charge in [0.1, 0.15) is 23.7 Å². The largest absolute Gasteiger partial charge is 0.509 e. The molecule has 3 aliphatic rings. The molecule has 3 saturated heterocycles. The van der Waals surface area contributed by atoms with Crippen molar-refractivity contribution in [2.45, 2.75) is 142 Å². The van der Waals surface area contributed by atoms with Gasteiger partial charge in [-0.3, -0.25) is 14.4 Å². The van der Waals surface area contributed by atoms with E-state index in [1.807, 2.05) is 25.9 Å². The summed E-state index contributed by atoms with van der Waals surface area (Å²) >= 11 is 0. The summed E-state index contributed by atoms with van der Waals surface area (Å²) in [5.41, 5.74) is -2.66. The minimum absolute atomic E-state index is 0.0850. The highest BCUT2D eigenvalue weighted by atomic mass is 16.8. The summed E-state index contributed by atoms with van der Waals surface area (Å²) in [5.74, 6) is -5.08. The summed E-state index contributed by atoms with van der Waals surface area (Å²) in [6.07, 6.45) is -4.02. The number of methoxy groups -OCH3 is 2. The molecule has 324 valence electrons. The zero-order valence-corrected chi connectivity index (χ0v) is 36.2. The highest BCUT2D eigenvalue weighted by Gasteiger charge is 2.59. The Morgan fingerprint density at radius 1 is 0.983 bits per heavy atom. The number of ketones is 2. The van der Waals surface area contributed by atoms with Gasteiger partial charge in [0.2, 0.25) is 0 Å². The van der Waals surface area contributed by atoms with E-state index >= 15 is 0 Å². The summed E-state index contributed by atoms with van der Waals surface area (Å²) in [6.45, 7) is 15.3. The third-order valence-electron chi connectivity index (χ3n) is 12.0. The van der Waals surface area contributed by atoms with Crippen molar-refractivity contribution in [1.29, 1.82) is 0 Å². The second-order valence-electron chi connectivity index (χ2n) is 16.6. The molecule has 15 nitrogen and oxygen atoms in total. The third-order valence-corrected chi connectivity index (χ3v) is 12.0. The van der Waals surface area contributed by atoms with Crippen molar-refractivity contribution >= 4 is 29.7 Å². The van der Waals surface area contributed by atoms with E-state index in [4.69, 9.17) is 42.6 Å². The van der Waals surface area contributed by atoms with Gasteiger partial charge < -0.3 is 47.5 Å². The van der Waals surface area contributed by atoms with E-state index in [2.05, 4.69) is 0 Å². The Labute approximate surface area is 342 Å². The van der Waals surface area contributed by atoms with Crippen LogP contribution in [0, 0.1) is 23.7 Å². The van der Waals surface area contributed by atoms with Crippen LogP contribution in [-0.2, 0) is 52.3 Å². The fourth-order valence-corrected chi connectivity index (χ4v) is 8.70. The van der Waals surface area contributed by atoms with E-state index in [0.29, 0.717) is 12.2 Å². The van der Waals surface area contributed by atoms with Gasteiger partial charge in [-0.1, -0.05) is 33.8 Å². The zero-order chi connectivity index (χ0) is 43.3. The molecular weight excluding hydrogens is 754 g/mol. The Morgan fingerprint density at radius 3 is 2.28 bits per heavy atom. The lowest BCUT2D eigenvalue weighted by Crippen LogP contribution is -2.60. The van der Waals surface area contributed by atoms with E-state index in [9.17, 15) is 24.0 Å². The molecule has 4 rings (SSSR count). The Bertz CT molecular complexity index is 1660. The van der Waals surface area contributed by atoms with Crippen LogP contribution in [0.15, 0.2) is 36.6 Å². The van der Waals surface area contributed by atoms with Crippen molar-refractivity contribution in [3.63, 3.8) is 0 Å². The smallest absolute Gasteiger partial charge is 0.497 e. The number of carbonyl (C=O) groups is 5. The lowest BCUT2D eigenvalue weighted by atomic mass is 9.74. The highest BCUT2D eigenvalue weighted by molar-refractivity contribution is 5.90. The Kier molecular flexibility index (Phi) is 15.6. The number of allylic oxidation sites excluding steroid dienone is 1. The number of hydrogen-bond acceptors (Lipinski definition) is 15. The molecule has 0 radical (unpaired) electrons. The van der Waals surface area contributed by atoms with Crippen molar-refractivity contribution in [2.75, 3.05) is 28.3 Å². The molecule has 0 aliphatic carbocycles. The van der Waals surface area contributed by atoms with Crippen LogP contribution in [0.25, 0.3) is 0 Å². The maximum absolute atomic E-state index is 14.4. The van der Waals surface area contributed by atoms with Gasteiger partial charge in [0.15, 0.2) is 29.9 Å². The van der Waals surface area contributed by atoms with Crippen molar-refractivity contribution in [1.82, 2.24) is 4.90 Å². The van der Waals surface area contributed by atoms with Crippen molar-refractivity contribution < 1.29 is 66.6 Å². The molecule has 14 atom stereocenters. The summed E-state index contributed by atoms with van der Waals surface area (Å²) in [5, 5.41) is 0. The van der Waals surface area contributed by atoms with Crippen molar-refractivity contribution in [2.24, 2.45) is 23.7 Å². The van der Waals surface area contributed by atoms with E-state index < -0.39 is 89.8 Å². The average molecular weight is 818 g/mol. The molecular formula is C43H63NO14. The number of benzene rings is 1. The average Bonchev–Trinajstić information content (AvgIpc) is 3.50. The maximum Gasteiger partial charge on any atom is 0.509 e. The van der Waals surface area contributed by atoms with Gasteiger partial charge in [0.25, 0.3) is 0 Å². The van der Waals surface area contributed by atoms with Crippen LogP contribution in [-0.4, -0.2) is 123 Å². The number of rotatable bonds is 11. The molecule has 0 bridgehead atoms. The van der Waals surface area contributed by atoms with Crippen LogP contribution in [0.2, 0.25) is 0 Å². The Hall–Kier alpha value is -4.05. The van der Waals surface area contributed by atoms with Gasteiger partial charge >= 0.3 is 18.1 Å². The summed E-state index contributed by atoms with van der Waals surface area (Å²) in [4.78, 5) is 69.5. The fraction of sp³-hybridized carbons (Fsp3) is 0.698. The molecule has 58 heavy (non-hydrogen) atoms. The SMILES string of the molecule is CC[C@H]1OC(=O)[C@H](C)[C@@H](OC(=O)c2cccc(OC)c2)[C@H](C)[C@@H](O[C@@H]2O[C@H](C)C[C@H](N(C)C)[C@@H]2OC=CC(C)=O)[C@@](C)(OC)C[C@@H](C)C(=O)[C@H](C)[C@H]2OC(=O)O[C@@]21C. The van der Waals surface area contributed by atoms with Gasteiger partial charge in [-0.2, -0.15) is 0 Å². The number of ether oxygens (including phenoxy) is 9. The van der Waals surface area contributed by atoms with Crippen molar-refractivity contribution in [3.05, 3.63) is 42.2 Å². The molecule has 0 N–H and O–H groups in total. The number of fused-ring (bicyclic) bond motifs is 1. The summed E-state index contributed by atoms with van der Waals surface area (Å²) < 4.78 is 55.2. The monoisotopic (exact) mass is 817 g/mol. The number of esters is 2. The molecule has 3 fully saturated rings. The van der Waals surface area contributed by atoms with Gasteiger partial charge in [0, 0.05) is 25.0 Å². The summed E-state index contributed by atoms with van der Waals surface area (Å²) in [6, 6.07) is 6.20. The van der Waals surface area contributed by atoms with Gasteiger partial charge in [-0.25, -0.2) is 9.59 Å². The van der Waals surface area contributed by atoms with Crippen LogP contribution in [0.5, 0.6) is 5.75 Å². The lowest BCUT2D eigenvalue weighted by Gasteiger charge is -2.49. The predicted molar refractivity (Wildman–Crippen MR) is 210 cm³/mol. The molecule has 0 saturated carbocycles. The number of cyclic esters (lactones) is 1.